The van der Waals surface area contributed by atoms with E-state index in [4.69, 9.17) is 4.52 Å². The molecule has 2 aromatic rings. The first-order valence-electron chi connectivity index (χ1n) is 7.32. The predicted molar refractivity (Wildman–Crippen MR) is 79.4 cm³/mol. The average Bonchev–Trinajstić information content (AvgIpc) is 3.00. The van der Waals surface area contributed by atoms with Crippen LogP contribution in [0.15, 0.2) is 34.9 Å². The first kappa shape index (κ1) is 15.2. The predicted octanol–water partition coefficient (Wildman–Crippen LogP) is 1.72. The third-order valence-electron chi connectivity index (χ3n) is 3.77. The first-order chi connectivity index (χ1) is 11.0. The van der Waals surface area contributed by atoms with Gasteiger partial charge in [0, 0.05) is 37.8 Å². The van der Waals surface area contributed by atoms with Gasteiger partial charge in [0.1, 0.15) is 11.6 Å². The lowest BCUT2D eigenvalue weighted by Crippen LogP contribution is -2.50. The van der Waals surface area contributed by atoms with Crippen molar-refractivity contribution in [2.75, 3.05) is 26.2 Å². The Labute approximate surface area is 132 Å². The number of hydrogen-bond donors (Lipinski definition) is 0. The third-order valence-corrected chi connectivity index (χ3v) is 3.77. The Morgan fingerprint density at radius 3 is 2.30 bits per heavy atom. The average molecular weight is 317 g/mol. The SMILES string of the molecule is Cc1cc(C(=O)N2CCN(C(=O)c3cccc(F)c3)CC2)no1. The van der Waals surface area contributed by atoms with Crippen molar-refractivity contribution in [1.82, 2.24) is 15.0 Å². The van der Waals surface area contributed by atoms with E-state index in [1.165, 1.54) is 18.2 Å². The van der Waals surface area contributed by atoms with Crippen LogP contribution in [0.1, 0.15) is 26.6 Å². The maximum Gasteiger partial charge on any atom is 0.276 e. The van der Waals surface area contributed by atoms with Gasteiger partial charge < -0.3 is 14.3 Å². The van der Waals surface area contributed by atoms with Gasteiger partial charge in [-0.15, -0.1) is 0 Å². The second-order valence-corrected chi connectivity index (χ2v) is 5.42. The van der Waals surface area contributed by atoms with Gasteiger partial charge in [-0.1, -0.05) is 11.2 Å². The van der Waals surface area contributed by atoms with E-state index in [0.717, 1.165) is 0 Å². The van der Waals surface area contributed by atoms with Crippen LogP contribution in [0.25, 0.3) is 0 Å². The minimum atomic E-state index is -0.439. The molecule has 2 heterocycles. The van der Waals surface area contributed by atoms with E-state index in [1.54, 1.807) is 28.9 Å². The summed E-state index contributed by atoms with van der Waals surface area (Å²) in [4.78, 5) is 27.8. The van der Waals surface area contributed by atoms with Crippen molar-refractivity contribution < 1.29 is 18.5 Å². The highest BCUT2D eigenvalue weighted by atomic mass is 19.1. The summed E-state index contributed by atoms with van der Waals surface area (Å²) in [5.41, 5.74) is 0.587. The molecule has 0 bridgehead atoms. The number of benzene rings is 1. The standard InChI is InChI=1S/C16H16FN3O3/c1-11-9-14(18-23-11)16(22)20-7-5-19(6-8-20)15(21)12-3-2-4-13(17)10-12/h2-4,9-10H,5-8H2,1H3. The minimum Gasteiger partial charge on any atom is -0.361 e. The lowest BCUT2D eigenvalue weighted by Gasteiger charge is -2.34. The smallest absolute Gasteiger partial charge is 0.276 e. The van der Waals surface area contributed by atoms with Crippen molar-refractivity contribution in [1.29, 1.82) is 0 Å². The topological polar surface area (TPSA) is 66.7 Å². The van der Waals surface area contributed by atoms with E-state index >= 15 is 0 Å². The van der Waals surface area contributed by atoms with E-state index in [1.807, 2.05) is 0 Å². The Balaban J connectivity index is 1.62. The molecule has 0 aliphatic carbocycles. The molecular weight excluding hydrogens is 301 g/mol. The molecule has 23 heavy (non-hydrogen) atoms. The van der Waals surface area contributed by atoms with Crippen molar-refractivity contribution in [3.05, 3.63) is 53.2 Å². The van der Waals surface area contributed by atoms with Gasteiger partial charge in [-0.05, 0) is 25.1 Å². The number of halogens is 1. The Morgan fingerprint density at radius 2 is 1.74 bits per heavy atom. The number of carbonyl (C=O) groups is 2. The second kappa shape index (κ2) is 6.20. The molecule has 1 saturated heterocycles. The Hall–Kier alpha value is -2.70. The van der Waals surface area contributed by atoms with E-state index in [-0.39, 0.29) is 17.5 Å². The minimum absolute atomic E-state index is 0.209. The zero-order valence-corrected chi connectivity index (χ0v) is 12.7. The molecule has 0 unspecified atom stereocenters. The number of hydrogen-bond acceptors (Lipinski definition) is 4. The molecule has 7 heteroatoms. The number of carbonyl (C=O) groups excluding carboxylic acids is 2. The molecule has 2 amide bonds. The molecule has 6 nitrogen and oxygen atoms in total. The van der Waals surface area contributed by atoms with E-state index < -0.39 is 5.82 Å². The van der Waals surface area contributed by atoms with Gasteiger partial charge in [-0.3, -0.25) is 9.59 Å². The largest absolute Gasteiger partial charge is 0.361 e. The van der Waals surface area contributed by atoms with E-state index in [2.05, 4.69) is 5.16 Å². The zero-order chi connectivity index (χ0) is 16.4. The van der Waals surface area contributed by atoms with Crippen LogP contribution in [-0.2, 0) is 0 Å². The van der Waals surface area contributed by atoms with Gasteiger partial charge in [0.15, 0.2) is 5.69 Å². The van der Waals surface area contributed by atoms with Gasteiger partial charge in [-0.25, -0.2) is 4.39 Å². The molecule has 0 atom stereocenters. The summed E-state index contributed by atoms with van der Waals surface area (Å²) in [6, 6.07) is 7.20. The summed E-state index contributed by atoms with van der Waals surface area (Å²) in [5, 5.41) is 3.71. The summed E-state index contributed by atoms with van der Waals surface area (Å²) in [5.74, 6) is -0.298. The lowest BCUT2D eigenvalue weighted by atomic mass is 10.1. The van der Waals surface area contributed by atoms with Crippen molar-refractivity contribution in [3.8, 4) is 0 Å². The molecule has 1 fully saturated rings. The molecule has 0 saturated carbocycles. The number of rotatable bonds is 2. The summed E-state index contributed by atoms with van der Waals surface area (Å²) in [6.07, 6.45) is 0. The number of aryl methyl sites for hydroxylation is 1. The Bertz CT molecular complexity index is 736. The zero-order valence-electron chi connectivity index (χ0n) is 12.7. The molecule has 0 spiro atoms. The normalized spacial score (nSPS) is 14.9. The summed E-state index contributed by atoms with van der Waals surface area (Å²) < 4.78 is 18.1. The summed E-state index contributed by atoms with van der Waals surface area (Å²) >= 11 is 0. The summed E-state index contributed by atoms with van der Waals surface area (Å²) in [7, 11) is 0. The van der Waals surface area contributed by atoms with Crippen LogP contribution < -0.4 is 0 Å². The van der Waals surface area contributed by atoms with Crippen LogP contribution in [-0.4, -0.2) is 52.9 Å². The molecule has 1 aromatic carbocycles. The highest BCUT2D eigenvalue weighted by Gasteiger charge is 2.27. The fourth-order valence-corrected chi connectivity index (χ4v) is 2.55. The molecule has 120 valence electrons. The van der Waals surface area contributed by atoms with Crippen LogP contribution in [0.3, 0.4) is 0 Å². The molecule has 0 N–H and O–H groups in total. The highest BCUT2D eigenvalue weighted by molar-refractivity contribution is 5.95. The van der Waals surface area contributed by atoms with Gasteiger partial charge in [0.05, 0.1) is 0 Å². The Morgan fingerprint density at radius 1 is 1.09 bits per heavy atom. The number of amides is 2. The van der Waals surface area contributed by atoms with E-state index in [9.17, 15) is 14.0 Å². The third kappa shape index (κ3) is 3.23. The first-order valence-corrected chi connectivity index (χ1v) is 7.32. The van der Waals surface area contributed by atoms with Gasteiger partial charge in [0.2, 0.25) is 0 Å². The molecule has 1 aliphatic rings. The van der Waals surface area contributed by atoms with Gasteiger partial charge in [-0.2, -0.15) is 0 Å². The van der Waals surface area contributed by atoms with E-state index in [0.29, 0.717) is 37.5 Å². The monoisotopic (exact) mass is 317 g/mol. The molecule has 3 rings (SSSR count). The van der Waals surface area contributed by atoms with Crippen LogP contribution >= 0.6 is 0 Å². The Kier molecular flexibility index (Phi) is 4.10. The highest BCUT2D eigenvalue weighted by Crippen LogP contribution is 2.13. The number of aromatic nitrogens is 1. The molecular formula is C16H16FN3O3. The number of nitrogens with zero attached hydrogens (tertiary/aromatic N) is 3. The fourth-order valence-electron chi connectivity index (χ4n) is 2.55. The van der Waals surface area contributed by atoms with Crippen LogP contribution in [0, 0.1) is 12.7 Å². The van der Waals surface area contributed by atoms with Crippen molar-refractivity contribution in [2.45, 2.75) is 6.92 Å². The maximum atomic E-state index is 13.2. The maximum absolute atomic E-state index is 13.2. The van der Waals surface area contributed by atoms with Crippen LogP contribution in [0.4, 0.5) is 4.39 Å². The van der Waals surface area contributed by atoms with Crippen LogP contribution in [0.5, 0.6) is 0 Å². The lowest BCUT2D eigenvalue weighted by molar-refractivity contribution is 0.0529. The summed E-state index contributed by atoms with van der Waals surface area (Å²) in [6.45, 7) is 3.34. The molecule has 1 aliphatic heterocycles. The molecule has 0 radical (unpaired) electrons. The van der Waals surface area contributed by atoms with Crippen LogP contribution in [0.2, 0.25) is 0 Å². The van der Waals surface area contributed by atoms with Crippen molar-refractivity contribution in [3.63, 3.8) is 0 Å². The second-order valence-electron chi connectivity index (χ2n) is 5.42. The quantitative estimate of drug-likeness (QED) is 0.846. The molecule has 1 aromatic heterocycles. The number of piperazine rings is 1. The van der Waals surface area contributed by atoms with Crippen molar-refractivity contribution >= 4 is 11.8 Å². The van der Waals surface area contributed by atoms with Crippen molar-refractivity contribution in [2.24, 2.45) is 0 Å². The van der Waals surface area contributed by atoms with Gasteiger partial charge in [0.25, 0.3) is 11.8 Å². The fraction of sp³-hybridized carbons (Fsp3) is 0.312. The van der Waals surface area contributed by atoms with Gasteiger partial charge >= 0.3 is 0 Å².